The molecule has 11 heteroatoms. The Morgan fingerprint density at radius 1 is 0.919 bits per heavy atom. The van der Waals surface area contributed by atoms with Crippen LogP contribution in [0, 0.1) is 5.82 Å². The normalized spacial score (nSPS) is 20.6. The van der Waals surface area contributed by atoms with Gasteiger partial charge in [0.25, 0.3) is 0 Å². The zero-order valence-electron chi connectivity index (χ0n) is 20.5. The largest absolute Gasteiger partial charge is 0.419 e. The van der Waals surface area contributed by atoms with Gasteiger partial charge in [0.05, 0.1) is 16.3 Å². The zero-order chi connectivity index (χ0) is 26.3. The van der Waals surface area contributed by atoms with Gasteiger partial charge in [-0.25, -0.2) is 14.4 Å². The van der Waals surface area contributed by atoms with E-state index >= 15 is 0 Å². The van der Waals surface area contributed by atoms with Crippen LogP contribution in [0.5, 0.6) is 0 Å². The van der Waals surface area contributed by atoms with Crippen molar-refractivity contribution in [1.29, 1.82) is 0 Å². The summed E-state index contributed by atoms with van der Waals surface area (Å²) in [4.78, 5) is 19.6. The van der Waals surface area contributed by atoms with Gasteiger partial charge >= 0.3 is 6.18 Å². The minimum Gasteiger partial charge on any atom is -0.353 e. The summed E-state index contributed by atoms with van der Waals surface area (Å²) in [5.74, 6) is 0.686. The minimum absolute atomic E-state index is 0.00608. The Labute approximate surface area is 217 Å². The van der Waals surface area contributed by atoms with E-state index in [-0.39, 0.29) is 22.9 Å². The van der Waals surface area contributed by atoms with Crippen LogP contribution in [0.25, 0.3) is 11.3 Å². The second kappa shape index (κ2) is 9.96. The number of hydrogen-bond donors (Lipinski definition) is 0. The lowest BCUT2D eigenvalue weighted by Gasteiger charge is -2.37. The van der Waals surface area contributed by atoms with Crippen LogP contribution in [0.3, 0.4) is 0 Å². The number of piperazine rings is 1. The molecule has 1 aromatic carbocycles. The maximum atomic E-state index is 13.8. The van der Waals surface area contributed by atoms with Crippen molar-refractivity contribution in [1.82, 2.24) is 15.0 Å². The van der Waals surface area contributed by atoms with Crippen LogP contribution in [-0.4, -0.2) is 53.2 Å². The third-order valence-corrected chi connectivity index (χ3v) is 7.38. The molecule has 0 saturated carbocycles. The number of rotatable bonds is 4. The molecule has 2 aromatic heterocycles. The average Bonchev–Trinajstić information content (AvgIpc) is 3.22. The predicted octanol–water partition coefficient (Wildman–Crippen LogP) is 6.05. The van der Waals surface area contributed by atoms with Crippen molar-refractivity contribution in [2.24, 2.45) is 0 Å². The lowest BCUT2D eigenvalue weighted by molar-refractivity contribution is -0.137. The highest BCUT2D eigenvalue weighted by molar-refractivity contribution is 6.31. The summed E-state index contributed by atoms with van der Waals surface area (Å²) in [6.45, 7) is 5.90. The van der Waals surface area contributed by atoms with E-state index in [9.17, 15) is 17.6 Å². The maximum Gasteiger partial charge on any atom is 0.419 e. The molecule has 6 nitrogen and oxygen atoms in total. The van der Waals surface area contributed by atoms with Crippen LogP contribution < -0.4 is 14.7 Å². The van der Waals surface area contributed by atoms with Crippen molar-refractivity contribution in [3.05, 3.63) is 59.0 Å². The summed E-state index contributed by atoms with van der Waals surface area (Å²) in [5, 5.41) is 0.00608. The van der Waals surface area contributed by atoms with Crippen LogP contribution in [-0.2, 0) is 6.18 Å². The van der Waals surface area contributed by atoms with Crippen LogP contribution in [0.4, 0.5) is 35.1 Å². The number of anilines is 3. The number of pyridine rings is 1. The first-order chi connectivity index (χ1) is 17.6. The Hall–Kier alpha value is -3.14. The molecule has 2 saturated heterocycles. The fourth-order valence-electron chi connectivity index (χ4n) is 5.11. The van der Waals surface area contributed by atoms with E-state index in [0.29, 0.717) is 49.2 Å². The Morgan fingerprint density at radius 3 is 2.24 bits per heavy atom. The van der Waals surface area contributed by atoms with Crippen LogP contribution in [0.1, 0.15) is 32.3 Å². The minimum atomic E-state index is -4.48. The number of aromatic nitrogens is 3. The molecule has 5 rings (SSSR count). The third kappa shape index (κ3) is 5.16. The first kappa shape index (κ1) is 25.5. The van der Waals surface area contributed by atoms with E-state index in [1.807, 2.05) is 11.0 Å². The van der Waals surface area contributed by atoms with E-state index in [4.69, 9.17) is 21.6 Å². The van der Waals surface area contributed by atoms with Crippen LogP contribution in [0.2, 0.25) is 5.02 Å². The van der Waals surface area contributed by atoms with Gasteiger partial charge in [-0.15, -0.1) is 0 Å². The highest BCUT2D eigenvalue weighted by Gasteiger charge is 2.36. The molecule has 2 aliphatic heterocycles. The Balaban J connectivity index is 1.46. The molecule has 37 heavy (non-hydrogen) atoms. The van der Waals surface area contributed by atoms with Crippen molar-refractivity contribution in [3.8, 4) is 11.3 Å². The standard InChI is InChI=1S/C26H27ClF4N6/c1-16-5-6-17(2)37(16)25-33-22(18-7-8-21(28)20(27)14-18)15-23(34-25)35-10-12-36(13-11-35)24-19(26(29,30)31)4-3-9-32-24/h3-4,7-9,14-17H,5-6,10-13H2,1-2H3/t16-,17?/m1/s1. The SMILES string of the molecule is CC1CC[C@@H](C)N1c1nc(-c2ccc(F)c(Cl)c2)cc(N2CCN(c3ncccc3C(F)(F)F)CC2)n1. The summed E-state index contributed by atoms with van der Waals surface area (Å²) in [6, 6.07) is 9.19. The van der Waals surface area contributed by atoms with Gasteiger partial charge in [-0.2, -0.15) is 18.2 Å². The first-order valence-corrected chi connectivity index (χ1v) is 12.6. The first-order valence-electron chi connectivity index (χ1n) is 12.3. The van der Waals surface area contributed by atoms with Gasteiger partial charge in [-0.1, -0.05) is 11.6 Å². The molecule has 0 N–H and O–H groups in total. The van der Waals surface area contributed by atoms with Gasteiger partial charge in [-0.3, -0.25) is 0 Å². The quantitative estimate of drug-likeness (QED) is 0.380. The molecule has 0 spiro atoms. The Kier molecular flexibility index (Phi) is 6.87. The average molecular weight is 535 g/mol. The molecule has 2 aliphatic rings. The van der Waals surface area contributed by atoms with Gasteiger partial charge in [0.2, 0.25) is 5.95 Å². The fraction of sp³-hybridized carbons (Fsp3) is 0.423. The van der Waals surface area contributed by atoms with E-state index in [2.05, 4.69) is 23.7 Å². The topological polar surface area (TPSA) is 48.4 Å². The molecule has 2 atom stereocenters. The van der Waals surface area contributed by atoms with Gasteiger partial charge in [0.15, 0.2) is 0 Å². The molecule has 0 radical (unpaired) electrons. The lowest BCUT2D eigenvalue weighted by Crippen LogP contribution is -2.47. The fourth-order valence-corrected chi connectivity index (χ4v) is 5.29. The van der Waals surface area contributed by atoms with Gasteiger partial charge < -0.3 is 14.7 Å². The summed E-state index contributed by atoms with van der Waals surface area (Å²) >= 11 is 6.05. The number of halogens is 5. The Bertz CT molecular complexity index is 1270. The van der Waals surface area contributed by atoms with Crippen molar-refractivity contribution in [3.63, 3.8) is 0 Å². The lowest BCUT2D eigenvalue weighted by atomic mass is 10.1. The summed E-state index contributed by atoms with van der Waals surface area (Å²) < 4.78 is 54.4. The molecule has 1 unspecified atom stereocenters. The Morgan fingerprint density at radius 2 is 1.59 bits per heavy atom. The number of nitrogens with zero attached hydrogens (tertiary/aromatic N) is 6. The molecule has 0 bridgehead atoms. The number of hydrogen-bond acceptors (Lipinski definition) is 6. The van der Waals surface area contributed by atoms with E-state index in [1.54, 1.807) is 17.0 Å². The van der Waals surface area contributed by atoms with Crippen LogP contribution >= 0.6 is 11.6 Å². The van der Waals surface area contributed by atoms with E-state index in [0.717, 1.165) is 18.9 Å². The number of benzene rings is 1. The van der Waals surface area contributed by atoms with E-state index < -0.39 is 17.6 Å². The van der Waals surface area contributed by atoms with Crippen LogP contribution in [0.15, 0.2) is 42.6 Å². The zero-order valence-corrected chi connectivity index (χ0v) is 21.3. The summed E-state index contributed by atoms with van der Waals surface area (Å²) in [6.07, 6.45) is -1.05. The number of alkyl halides is 3. The summed E-state index contributed by atoms with van der Waals surface area (Å²) in [7, 11) is 0. The highest BCUT2D eigenvalue weighted by Crippen LogP contribution is 2.36. The van der Waals surface area contributed by atoms with Gasteiger partial charge in [0, 0.05) is 56.1 Å². The molecule has 0 amide bonds. The maximum absolute atomic E-state index is 13.8. The molecule has 2 fully saturated rings. The predicted molar refractivity (Wildman–Crippen MR) is 137 cm³/mol. The van der Waals surface area contributed by atoms with Gasteiger partial charge in [-0.05, 0) is 57.0 Å². The van der Waals surface area contributed by atoms with Crippen molar-refractivity contribution < 1.29 is 17.6 Å². The smallest absolute Gasteiger partial charge is 0.353 e. The third-order valence-electron chi connectivity index (χ3n) is 7.09. The molecular weight excluding hydrogens is 508 g/mol. The monoisotopic (exact) mass is 534 g/mol. The van der Waals surface area contributed by atoms with Gasteiger partial charge in [0.1, 0.15) is 17.5 Å². The molecule has 4 heterocycles. The van der Waals surface area contributed by atoms with E-state index in [1.165, 1.54) is 18.3 Å². The molecule has 196 valence electrons. The van der Waals surface area contributed by atoms with Crippen molar-refractivity contribution >= 4 is 29.2 Å². The molecule has 0 aliphatic carbocycles. The summed E-state index contributed by atoms with van der Waals surface area (Å²) in [5.41, 5.74) is 0.540. The molecule has 3 aromatic rings. The molecular formula is C26H27ClF4N6. The van der Waals surface area contributed by atoms with Crippen molar-refractivity contribution in [2.45, 2.75) is 44.9 Å². The second-order valence-corrected chi connectivity index (χ2v) is 9.98. The van der Waals surface area contributed by atoms with Crippen molar-refractivity contribution in [2.75, 3.05) is 40.9 Å². The highest BCUT2D eigenvalue weighted by atomic mass is 35.5. The second-order valence-electron chi connectivity index (χ2n) is 9.57.